The fourth-order valence-electron chi connectivity index (χ4n) is 1.32. The Balaban J connectivity index is 2.58. The number of ketones is 1. The highest BCUT2D eigenvalue weighted by atomic mass is 79.9. The lowest BCUT2D eigenvalue weighted by Crippen LogP contribution is -2.12. The summed E-state index contributed by atoms with van der Waals surface area (Å²) >= 11 is 3.26. The molecule has 2 rings (SSSR count). The number of hydrogen-bond donors (Lipinski definition) is 0. The molecule has 0 saturated heterocycles. The summed E-state index contributed by atoms with van der Waals surface area (Å²) in [6, 6.07) is 5.65. The second kappa shape index (κ2) is 3.53. The highest BCUT2D eigenvalue weighted by molar-refractivity contribution is 9.10. The number of fused-ring (bicyclic) bond motifs is 1. The van der Waals surface area contributed by atoms with Gasteiger partial charge in [-0.3, -0.25) is 9.20 Å². The minimum Gasteiger partial charge on any atom is -0.297 e. The summed E-state index contributed by atoms with van der Waals surface area (Å²) in [5.74, 6) is 0.0451. The summed E-state index contributed by atoms with van der Waals surface area (Å²) in [7, 11) is 0. The van der Waals surface area contributed by atoms with Crippen molar-refractivity contribution >= 4 is 27.4 Å². The molecular weight excluding hydrogens is 244 g/mol. The van der Waals surface area contributed by atoms with Crippen molar-refractivity contribution in [3.8, 4) is 0 Å². The molecule has 0 bridgehead atoms. The zero-order valence-corrected chi connectivity index (χ0v) is 9.23. The van der Waals surface area contributed by atoms with E-state index in [1.807, 2.05) is 31.3 Å². The molecule has 1 unspecified atom stereocenters. The van der Waals surface area contributed by atoms with Gasteiger partial charge in [-0.15, -0.1) is 0 Å². The van der Waals surface area contributed by atoms with Gasteiger partial charge < -0.3 is 0 Å². The van der Waals surface area contributed by atoms with Gasteiger partial charge >= 0.3 is 0 Å². The number of nitrogens with zero attached hydrogens (tertiary/aromatic N) is 2. The predicted octanol–water partition coefficient (Wildman–Crippen LogP) is 2.30. The van der Waals surface area contributed by atoms with E-state index in [9.17, 15) is 4.79 Å². The number of carbonyl (C=O) groups is 1. The Morgan fingerprint density at radius 3 is 3.07 bits per heavy atom. The molecule has 2 aromatic heterocycles. The van der Waals surface area contributed by atoms with Crippen LogP contribution in [-0.2, 0) is 0 Å². The van der Waals surface area contributed by atoms with E-state index in [4.69, 9.17) is 0 Å². The van der Waals surface area contributed by atoms with E-state index >= 15 is 0 Å². The number of rotatable bonds is 2. The second-order valence-electron chi connectivity index (χ2n) is 3.05. The number of hydrogen-bond acceptors (Lipinski definition) is 2. The Morgan fingerprint density at radius 2 is 2.36 bits per heavy atom. The van der Waals surface area contributed by atoms with E-state index < -0.39 is 0 Å². The van der Waals surface area contributed by atoms with Gasteiger partial charge in [-0.05, 0) is 19.1 Å². The van der Waals surface area contributed by atoms with Crippen molar-refractivity contribution < 1.29 is 4.79 Å². The summed E-state index contributed by atoms with van der Waals surface area (Å²) in [4.78, 5) is 15.7. The van der Waals surface area contributed by atoms with Crippen LogP contribution in [0.25, 0.3) is 5.65 Å². The van der Waals surface area contributed by atoms with Crippen molar-refractivity contribution in [2.75, 3.05) is 0 Å². The molecule has 0 amide bonds. The lowest BCUT2D eigenvalue weighted by Gasteiger charge is -2.01. The van der Waals surface area contributed by atoms with E-state index in [2.05, 4.69) is 20.9 Å². The average molecular weight is 253 g/mol. The standard InChI is InChI=1S/C10H9BrN2O/c1-7(11)10(14)8-6-12-9-4-2-3-5-13(8)9/h2-7H,1H3. The van der Waals surface area contributed by atoms with Crippen LogP contribution in [0.4, 0.5) is 0 Å². The lowest BCUT2D eigenvalue weighted by atomic mass is 10.2. The maximum Gasteiger partial charge on any atom is 0.194 e. The first-order valence-corrected chi connectivity index (χ1v) is 5.22. The minimum absolute atomic E-state index is 0.0451. The van der Waals surface area contributed by atoms with Crippen molar-refractivity contribution in [1.82, 2.24) is 9.38 Å². The molecule has 0 saturated carbocycles. The molecule has 0 spiro atoms. The third-order valence-electron chi connectivity index (χ3n) is 2.03. The number of halogens is 1. The van der Waals surface area contributed by atoms with Gasteiger partial charge in [-0.2, -0.15) is 0 Å². The fraction of sp³-hybridized carbons (Fsp3) is 0.200. The minimum atomic E-state index is -0.178. The Labute approximate surface area is 89.9 Å². The van der Waals surface area contributed by atoms with E-state index in [-0.39, 0.29) is 10.6 Å². The van der Waals surface area contributed by atoms with Crippen LogP contribution < -0.4 is 0 Å². The van der Waals surface area contributed by atoms with Crippen LogP contribution in [0.2, 0.25) is 0 Å². The van der Waals surface area contributed by atoms with Crippen molar-refractivity contribution in [3.63, 3.8) is 0 Å². The molecule has 3 nitrogen and oxygen atoms in total. The summed E-state index contributed by atoms with van der Waals surface area (Å²) < 4.78 is 1.79. The Hall–Kier alpha value is -1.16. The van der Waals surface area contributed by atoms with Gasteiger partial charge in [0.25, 0.3) is 0 Å². The number of pyridine rings is 1. The molecular formula is C10H9BrN2O. The first kappa shape index (κ1) is 9.40. The third-order valence-corrected chi connectivity index (χ3v) is 2.45. The smallest absolute Gasteiger partial charge is 0.194 e. The molecule has 0 aliphatic rings. The SMILES string of the molecule is CC(Br)C(=O)c1cnc2ccccn12. The van der Waals surface area contributed by atoms with Gasteiger partial charge in [0.1, 0.15) is 11.3 Å². The summed E-state index contributed by atoms with van der Waals surface area (Å²) in [5.41, 5.74) is 1.41. The van der Waals surface area contributed by atoms with Gasteiger partial charge in [0.15, 0.2) is 5.78 Å². The topological polar surface area (TPSA) is 34.4 Å². The predicted molar refractivity (Wildman–Crippen MR) is 57.9 cm³/mol. The fourth-order valence-corrected chi connectivity index (χ4v) is 1.55. The molecule has 0 aliphatic carbocycles. The van der Waals surface area contributed by atoms with E-state index in [0.29, 0.717) is 5.69 Å². The highest BCUT2D eigenvalue weighted by Gasteiger charge is 2.15. The molecule has 1 atom stereocenters. The molecule has 0 fully saturated rings. The molecule has 0 radical (unpaired) electrons. The number of imidazole rings is 1. The summed E-state index contributed by atoms with van der Waals surface area (Å²) in [6.45, 7) is 1.81. The van der Waals surface area contributed by atoms with Crippen LogP contribution in [0, 0.1) is 0 Å². The lowest BCUT2D eigenvalue weighted by molar-refractivity contribution is 0.0990. The van der Waals surface area contributed by atoms with Gasteiger partial charge in [0.2, 0.25) is 0 Å². The maximum atomic E-state index is 11.7. The number of aromatic nitrogens is 2. The Kier molecular flexibility index (Phi) is 2.37. The first-order valence-electron chi connectivity index (χ1n) is 4.30. The Morgan fingerprint density at radius 1 is 1.57 bits per heavy atom. The third kappa shape index (κ3) is 1.46. The number of alkyl halides is 1. The molecule has 0 aliphatic heterocycles. The second-order valence-corrected chi connectivity index (χ2v) is 4.43. The van der Waals surface area contributed by atoms with Crippen molar-refractivity contribution in [3.05, 3.63) is 36.3 Å². The molecule has 0 N–H and O–H groups in total. The van der Waals surface area contributed by atoms with Crippen molar-refractivity contribution in [1.29, 1.82) is 0 Å². The molecule has 2 heterocycles. The normalized spacial score (nSPS) is 13.0. The van der Waals surface area contributed by atoms with Crippen LogP contribution >= 0.6 is 15.9 Å². The average Bonchev–Trinajstić information content (AvgIpc) is 2.60. The number of Topliss-reactive ketones (excluding diaryl/α,β-unsaturated/α-hetero) is 1. The first-order chi connectivity index (χ1) is 6.70. The van der Waals surface area contributed by atoms with E-state index in [1.54, 1.807) is 10.6 Å². The van der Waals surface area contributed by atoms with Crippen molar-refractivity contribution in [2.45, 2.75) is 11.8 Å². The van der Waals surface area contributed by atoms with Gasteiger partial charge in [-0.25, -0.2) is 4.98 Å². The van der Waals surface area contributed by atoms with Crippen LogP contribution in [0.1, 0.15) is 17.4 Å². The quantitative estimate of drug-likeness (QED) is 0.608. The van der Waals surface area contributed by atoms with Gasteiger partial charge in [0, 0.05) is 6.20 Å². The van der Waals surface area contributed by atoms with Crippen LogP contribution in [-0.4, -0.2) is 20.0 Å². The highest BCUT2D eigenvalue weighted by Crippen LogP contribution is 2.11. The van der Waals surface area contributed by atoms with Gasteiger partial charge in [0.05, 0.1) is 11.0 Å². The largest absolute Gasteiger partial charge is 0.297 e. The zero-order chi connectivity index (χ0) is 10.1. The maximum absolute atomic E-state index is 11.7. The van der Waals surface area contributed by atoms with E-state index in [1.165, 1.54) is 0 Å². The molecule has 72 valence electrons. The zero-order valence-electron chi connectivity index (χ0n) is 7.64. The van der Waals surface area contributed by atoms with Gasteiger partial charge in [-0.1, -0.05) is 22.0 Å². The molecule has 2 aromatic rings. The Bertz CT molecular complexity index is 476. The van der Waals surface area contributed by atoms with E-state index in [0.717, 1.165) is 5.65 Å². The number of carbonyl (C=O) groups excluding carboxylic acids is 1. The van der Waals surface area contributed by atoms with Crippen LogP contribution in [0.3, 0.4) is 0 Å². The summed E-state index contributed by atoms with van der Waals surface area (Å²) in [6.07, 6.45) is 3.44. The molecule has 14 heavy (non-hydrogen) atoms. The van der Waals surface area contributed by atoms with Crippen molar-refractivity contribution in [2.24, 2.45) is 0 Å². The van der Waals surface area contributed by atoms with Crippen LogP contribution in [0.15, 0.2) is 30.6 Å². The summed E-state index contributed by atoms with van der Waals surface area (Å²) in [5, 5.41) is 0. The molecule has 0 aromatic carbocycles. The van der Waals surface area contributed by atoms with Crippen LogP contribution in [0.5, 0.6) is 0 Å². The molecule has 4 heteroatoms. The monoisotopic (exact) mass is 252 g/mol.